The van der Waals surface area contributed by atoms with Crippen molar-refractivity contribution >= 4 is 29.7 Å². The van der Waals surface area contributed by atoms with Gasteiger partial charge in [0.25, 0.3) is 0 Å². The molecule has 11 heteroatoms. The number of hydrogen-bond donors (Lipinski definition) is 6. The minimum Gasteiger partial charge on any atom is -0.481 e. The van der Waals surface area contributed by atoms with Crippen LogP contribution in [0.25, 0.3) is 0 Å². The number of nitrogens with two attached hydrogens (primary N) is 1. The summed E-state index contributed by atoms with van der Waals surface area (Å²) in [4.78, 5) is 59.0. The van der Waals surface area contributed by atoms with Crippen molar-refractivity contribution in [2.75, 3.05) is 6.54 Å². The highest BCUT2D eigenvalue weighted by atomic mass is 16.4. The van der Waals surface area contributed by atoms with Gasteiger partial charge in [-0.15, -0.1) is 0 Å². The van der Waals surface area contributed by atoms with Crippen molar-refractivity contribution in [1.82, 2.24) is 16.0 Å². The van der Waals surface area contributed by atoms with Crippen molar-refractivity contribution in [2.24, 2.45) is 11.7 Å². The van der Waals surface area contributed by atoms with Crippen LogP contribution >= 0.6 is 0 Å². The summed E-state index contributed by atoms with van der Waals surface area (Å²) in [6.45, 7) is 3.11. The van der Waals surface area contributed by atoms with E-state index in [1.165, 1.54) is 0 Å². The highest BCUT2D eigenvalue weighted by Gasteiger charge is 2.27. The van der Waals surface area contributed by atoms with Gasteiger partial charge in [0.05, 0.1) is 19.0 Å². The number of carboxylic acids is 2. The zero-order chi connectivity index (χ0) is 24.3. The fourth-order valence-corrected chi connectivity index (χ4v) is 2.75. The Hall–Kier alpha value is -3.47. The van der Waals surface area contributed by atoms with E-state index in [-0.39, 0.29) is 12.3 Å². The van der Waals surface area contributed by atoms with E-state index in [2.05, 4.69) is 10.6 Å². The van der Waals surface area contributed by atoms with E-state index in [0.717, 1.165) is 5.56 Å². The van der Waals surface area contributed by atoms with E-state index in [0.29, 0.717) is 6.42 Å². The van der Waals surface area contributed by atoms with Crippen LogP contribution in [0, 0.1) is 5.92 Å². The predicted molar refractivity (Wildman–Crippen MR) is 114 cm³/mol. The molecule has 0 aromatic heterocycles. The Morgan fingerprint density at radius 3 is 2.12 bits per heavy atom. The summed E-state index contributed by atoms with van der Waals surface area (Å²) < 4.78 is 0. The predicted octanol–water partition coefficient (Wildman–Crippen LogP) is -0.752. The van der Waals surface area contributed by atoms with Gasteiger partial charge in [-0.2, -0.15) is 0 Å². The molecule has 0 spiro atoms. The van der Waals surface area contributed by atoms with Gasteiger partial charge in [-0.1, -0.05) is 50.6 Å². The maximum absolute atomic E-state index is 12.7. The zero-order valence-electron chi connectivity index (χ0n) is 18.0. The molecular weight excluding hydrogens is 420 g/mol. The minimum absolute atomic E-state index is 0.108. The summed E-state index contributed by atoms with van der Waals surface area (Å²) in [6.07, 6.45) is 0.00459. The van der Waals surface area contributed by atoms with Gasteiger partial charge in [0.1, 0.15) is 12.1 Å². The number of carboxylic acid groups (broad SMARTS) is 2. The van der Waals surface area contributed by atoms with E-state index in [1.807, 2.05) is 19.2 Å². The van der Waals surface area contributed by atoms with E-state index < -0.39 is 60.8 Å². The molecule has 3 amide bonds. The Morgan fingerprint density at radius 1 is 0.969 bits per heavy atom. The third-order valence-electron chi connectivity index (χ3n) is 4.91. The first kappa shape index (κ1) is 26.6. The Bertz CT molecular complexity index is 816. The van der Waals surface area contributed by atoms with Crippen LogP contribution in [0.2, 0.25) is 0 Å². The van der Waals surface area contributed by atoms with Gasteiger partial charge < -0.3 is 31.9 Å². The maximum Gasteiger partial charge on any atom is 0.326 e. The second kappa shape index (κ2) is 13.1. The lowest BCUT2D eigenvalue weighted by Gasteiger charge is -2.23. The first-order valence-corrected chi connectivity index (χ1v) is 10.2. The number of carbonyl (C=O) groups is 5. The topological polar surface area (TPSA) is 188 Å². The number of benzene rings is 1. The molecular formula is C21H30N4O7. The van der Waals surface area contributed by atoms with Crippen LogP contribution in [0.1, 0.15) is 32.3 Å². The van der Waals surface area contributed by atoms with E-state index in [9.17, 15) is 24.0 Å². The van der Waals surface area contributed by atoms with Crippen molar-refractivity contribution < 1.29 is 34.2 Å². The average Bonchev–Trinajstić information content (AvgIpc) is 2.75. The molecule has 0 aliphatic carbocycles. The highest BCUT2D eigenvalue weighted by Crippen LogP contribution is 2.08. The number of nitrogens with one attached hydrogen (secondary N) is 3. The van der Waals surface area contributed by atoms with E-state index >= 15 is 0 Å². The number of aliphatic carboxylic acids is 2. The fourth-order valence-electron chi connectivity index (χ4n) is 2.75. The molecule has 1 aromatic rings. The summed E-state index contributed by atoms with van der Waals surface area (Å²) in [5, 5.41) is 24.7. The molecule has 32 heavy (non-hydrogen) atoms. The van der Waals surface area contributed by atoms with Crippen molar-refractivity contribution in [1.29, 1.82) is 0 Å². The Labute approximate surface area is 185 Å². The Morgan fingerprint density at radius 2 is 1.59 bits per heavy atom. The van der Waals surface area contributed by atoms with Gasteiger partial charge in [0.15, 0.2) is 0 Å². The quantitative estimate of drug-likeness (QED) is 0.226. The standard InChI is InChI=1S/C21H30N4O7/c1-3-12(2)18(22)20(30)25-14(9-13-7-5-4-6-8-13)19(29)23-11-16(26)24-15(21(31)32)10-17(27)28/h4-8,12,14-15,18H,3,9-11,22H2,1-2H3,(H,23,29)(H,24,26)(H,25,30)(H,27,28)(H,31,32). The molecule has 4 atom stereocenters. The Balaban J connectivity index is 2.81. The minimum atomic E-state index is -1.63. The SMILES string of the molecule is CCC(C)C(N)C(=O)NC(Cc1ccccc1)C(=O)NCC(=O)NC(CC(=O)O)C(=O)O. The molecule has 0 fully saturated rings. The summed E-state index contributed by atoms with van der Waals surface area (Å²) in [5.41, 5.74) is 6.71. The fraction of sp³-hybridized carbons (Fsp3) is 0.476. The third kappa shape index (κ3) is 9.13. The molecule has 0 aliphatic heterocycles. The molecule has 0 aliphatic rings. The third-order valence-corrected chi connectivity index (χ3v) is 4.91. The molecule has 176 valence electrons. The molecule has 0 saturated carbocycles. The number of amides is 3. The summed E-state index contributed by atoms with van der Waals surface area (Å²) >= 11 is 0. The highest BCUT2D eigenvalue weighted by molar-refractivity contribution is 5.93. The van der Waals surface area contributed by atoms with Crippen molar-refractivity contribution in [3.05, 3.63) is 35.9 Å². The lowest BCUT2D eigenvalue weighted by Crippen LogP contribution is -2.55. The van der Waals surface area contributed by atoms with Crippen LogP contribution in [-0.4, -0.2) is 64.5 Å². The first-order chi connectivity index (χ1) is 15.0. The van der Waals surface area contributed by atoms with Crippen LogP contribution in [0.5, 0.6) is 0 Å². The molecule has 1 rings (SSSR count). The molecule has 0 bridgehead atoms. The summed E-state index contributed by atoms with van der Waals surface area (Å²) in [7, 11) is 0. The van der Waals surface area contributed by atoms with E-state index in [1.54, 1.807) is 30.3 Å². The molecule has 1 aromatic carbocycles. The smallest absolute Gasteiger partial charge is 0.326 e. The first-order valence-electron chi connectivity index (χ1n) is 10.2. The summed E-state index contributed by atoms with van der Waals surface area (Å²) in [5.74, 6) is -5.08. The molecule has 0 saturated heterocycles. The van der Waals surface area contributed by atoms with Gasteiger partial charge in [-0.25, -0.2) is 4.79 Å². The van der Waals surface area contributed by atoms with Gasteiger partial charge in [-0.05, 0) is 11.5 Å². The monoisotopic (exact) mass is 450 g/mol. The van der Waals surface area contributed by atoms with Crippen LogP contribution in [-0.2, 0) is 30.4 Å². The number of rotatable bonds is 13. The van der Waals surface area contributed by atoms with Gasteiger partial charge >= 0.3 is 11.9 Å². The van der Waals surface area contributed by atoms with Crippen molar-refractivity contribution in [3.63, 3.8) is 0 Å². The average molecular weight is 450 g/mol. The molecule has 0 radical (unpaired) electrons. The molecule has 0 heterocycles. The van der Waals surface area contributed by atoms with Crippen LogP contribution in [0.3, 0.4) is 0 Å². The van der Waals surface area contributed by atoms with Crippen LogP contribution < -0.4 is 21.7 Å². The number of hydrogen-bond acceptors (Lipinski definition) is 6. The lowest BCUT2D eigenvalue weighted by atomic mass is 9.98. The maximum atomic E-state index is 12.7. The second-order valence-electron chi connectivity index (χ2n) is 7.44. The largest absolute Gasteiger partial charge is 0.481 e. The zero-order valence-corrected chi connectivity index (χ0v) is 18.0. The molecule has 7 N–H and O–H groups in total. The molecule has 11 nitrogen and oxygen atoms in total. The van der Waals surface area contributed by atoms with Crippen molar-refractivity contribution in [3.8, 4) is 0 Å². The summed E-state index contributed by atoms with van der Waals surface area (Å²) in [6, 6.07) is 5.43. The number of carbonyl (C=O) groups excluding carboxylic acids is 3. The van der Waals surface area contributed by atoms with Gasteiger partial charge in [0.2, 0.25) is 17.7 Å². The van der Waals surface area contributed by atoms with Gasteiger partial charge in [-0.3, -0.25) is 19.2 Å². The molecule has 4 unspecified atom stereocenters. The lowest BCUT2D eigenvalue weighted by molar-refractivity contribution is -0.147. The van der Waals surface area contributed by atoms with Crippen molar-refractivity contribution in [2.45, 2.75) is 51.2 Å². The van der Waals surface area contributed by atoms with Crippen LogP contribution in [0.15, 0.2) is 30.3 Å². The second-order valence-corrected chi connectivity index (χ2v) is 7.44. The van der Waals surface area contributed by atoms with E-state index in [4.69, 9.17) is 15.9 Å². The van der Waals surface area contributed by atoms with Crippen LogP contribution in [0.4, 0.5) is 0 Å². The van der Waals surface area contributed by atoms with Gasteiger partial charge in [0, 0.05) is 6.42 Å². The normalized spacial score (nSPS) is 14.3. The Kier molecular flexibility index (Phi) is 10.8.